The first-order valence-corrected chi connectivity index (χ1v) is 3.32. The Morgan fingerprint density at radius 3 is 2.85 bits per heavy atom. The molecule has 4 N–H and O–H groups in total. The third-order valence-corrected chi connectivity index (χ3v) is 1.23. The maximum atomic E-state index is 10.5. The van der Waals surface area contributed by atoms with E-state index in [4.69, 9.17) is 10.8 Å². The van der Waals surface area contributed by atoms with Gasteiger partial charge in [0.2, 0.25) is 0 Å². The Labute approximate surface area is 72.5 Å². The number of carbonyl (C=O) groups excluding carboxylic acids is 1. The van der Waals surface area contributed by atoms with Gasteiger partial charge in [0.15, 0.2) is 11.5 Å². The van der Waals surface area contributed by atoms with Crippen LogP contribution in [0.4, 0.5) is 4.79 Å². The van der Waals surface area contributed by atoms with Crippen molar-refractivity contribution < 1.29 is 19.2 Å². The lowest BCUT2D eigenvalue weighted by atomic mass is 10.3. The number of primary amides is 1. The van der Waals surface area contributed by atoms with Crippen LogP contribution in [0, 0.1) is 0 Å². The van der Waals surface area contributed by atoms with Crippen molar-refractivity contribution in [3.8, 4) is 0 Å². The summed E-state index contributed by atoms with van der Waals surface area (Å²) in [5.74, 6) is -0.485. The molecule has 7 heteroatoms. The van der Waals surface area contributed by atoms with Crippen molar-refractivity contribution in [2.24, 2.45) is 5.73 Å². The summed E-state index contributed by atoms with van der Waals surface area (Å²) in [5, 5.41) is 13.6. The minimum atomic E-state index is -1.18. The van der Waals surface area contributed by atoms with Gasteiger partial charge in [0.25, 0.3) is 5.91 Å². The van der Waals surface area contributed by atoms with Gasteiger partial charge < -0.3 is 20.7 Å². The summed E-state index contributed by atoms with van der Waals surface area (Å²) < 4.78 is 4.60. The first-order chi connectivity index (χ1) is 6.09. The highest BCUT2D eigenvalue weighted by molar-refractivity contribution is 5.90. The predicted octanol–water partition coefficient (Wildman–Crippen LogP) is -0.459. The normalized spacial score (nSPS) is 9.54. The lowest BCUT2D eigenvalue weighted by Gasteiger charge is -1.92. The second kappa shape index (κ2) is 3.57. The Morgan fingerprint density at radius 1 is 1.69 bits per heavy atom. The van der Waals surface area contributed by atoms with Gasteiger partial charge in [0.05, 0.1) is 6.54 Å². The molecule has 0 aliphatic rings. The van der Waals surface area contributed by atoms with Crippen molar-refractivity contribution in [1.82, 2.24) is 10.5 Å². The monoisotopic (exact) mass is 185 g/mol. The summed E-state index contributed by atoms with van der Waals surface area (Å²) >= 11 is 0. The number of amides is 2. The summed E-state index contributed by atoms with van der Waals surface area (Å²) in [6.45, 7) is -0.0460. The highest BCUT2D eigenvalue weighted by atomic mass is 16.5. The van der Waals surface area contributed by atoms with Crippen molar-refractivity contribution in [3.63, 3.8) is 0 Å². The number of nitrogens with one attached hydrogen (secondary N) is 1. The van der Waals surface area contributed by atoms with Crippen LogP contribution in [0.15, 0.2) is 10.6 Å². The molecule has 1 heterocycles. The van der Waals surface area contributed by atoms with Gasteiger partial charge >= 0.3 is 6.09 Å². The van der Waals surface area contributed by atoms with Crippen LogP contribution in [-0.2, 0) is 6.54 Å². The molecule has 2 amide bonds. The van der Waals surface area contributed by atoms with Crippen molar-refractivity contribution in [2.45, 2.75) is 6.54 Å². The molecule has 7 nitrogen and oxygen atoms in total. The second-order valence-electron chi connectivity index (χ2n) is 2.20. The number of nitrogens with zero attached hydrogens (tertiary/aromatic N) is 1. The Morgan fingerprint density at radius 2 is 2.38 bits per heavy atom. The van der Waals surface area contributed by atoms with Gasteiger partial charge in [-0.3, -0.25) is 4.79 Å². The first-order valence-electron chi connectivity index (χ1n) is 3.32. The van der Waals surface area contributed by atoms with Gasteiger partial charge in [-0.25, -0.2) is 4.79 Å². The molecule has 1 aromatic rings. The quantitative estimate of drug-likeness (QED) is 0.588. The number of rotatable bonds is 3. The molecule has 13 heavy (non-hydrogen) atoms. The van der Waals surface area contributed by atoms with E-state index in [0.717, 1.165) is 0 Å². The third-order valence-electron chi connectivity index (χ3n) is 1.23. The zero-order valence-corrected chi connectivity index (χ0v) is 6.48. The molecule has 0 spiro atoms. The highest BCUT2D eigenvalue weighted by Crippen LogP contribution is 2.01. The predicted molar refractivity (Wildman–Crippen MR) is 39.9 cm³/mol. The van der Waals surface area contributed by atoms with E-state index in [0.29, 0.717) is 0 Å². The van der Waals surface area contributed by atoms with Crippen LogP contribution >= 0.6 is 0 Å². The Bertz CT molecular complexity index is 332. The summed E-state index contributed by atoms with van der Waals surface area (Å²) in [7, 11) is 0. The van der Waals surface area contributed by atoms with Gasteiger partial charge in [-0.2, -0.15) is 0 Å². The van der Waals surface area contributed by atoms with Crippen LogP contribution in [0.1, 0.15) is 16.2 Å². The zero-order chi connectivity index (χ0) is 9.84. The van der Waals surface area contributed by atoms with Crippen LogP contribution in [-0.4, -0.2) is 22.3 Å². The summed E-state index contributed by atoms with van der Waals surface area (Å²) in [6.07, 6.45) is -1.18. The highest BCUT2D eigenvalue weighted by Gasteiger charge is 2.08. The SMILES string of the molecule is NC(=O)c1cc(CNC(=O)O)on1. The molecule has 1 aromatic heterocycles. The lowest BCUT2D eigenvalue weighted by molar-refractivity contribution is 0.0991. The lowest BCUT2D eigenvalue weighted by Crippen LogP contribution is -2.19. The van der Waals surface area contributed by atoms with Gasteiger partial charge in [-0.15, -0.1) is 0 Å². The molecule has 0 bridgehead atoms. The van der Waals surface area contributed by atoms with Crippen molar-refractivity contribution in [2.75, 3.05) is 0 Å². The van der Waals surface area contributed by atoms with Gasteiger partial charge in [0.1, 0.15) is 0 Å². The van der Waals surface area contributed by atoms with Crippen molar-refractivity contribution in [1.29, 1.82) is 0 Å². The number of nitrogens with two attached hydrogens (primary N) is 1. The van der Waals surface area contributed by atoms with Crippen LogP contribution in [0.5, 0.6) is 0 Å². The number of carboxylic acid groups (broad SMARTS) is 1. The Balaban J connectivity index is 2.59. The molecule has 0 saturated carbocycles. The van der Waals surface area contributed by atoms with E-state index in [9.17, 15) is 9.59 Å². The molecule has 0 radical (unpaired) electrons. The average Bonchev–Trinajstić information content (AvgIpc) is 2.48. The zero-order valence-electron chi connectivity index (χ0n) is 6.48. The maximum absolute atomic E-state index is 10.5. The maximum Gasteiger partial charge on any atom is 0.405 e. The molecule has 0 aliphatic carbocycles. The van der Waals surface area contributed by atoms with Gasteiger partial charge in [-0.05, 0) is 0 Å². The van der Waals surface area contributed by atoms with Crippen molar-refractivity contribution >= 4 is 12.0 Å². The van der Waals surface area contributed by atoms with E-state index in [1.165, 1.54) is 6.07 Å². The fourth-order valence-corrected chi connectivity index (χ4v) is 0.675. The van der Waals surface area contributed by atoms with Crippen molar-refractivity contribution in [3.05, 3.63) is 17.5 Å². The summed E-state index contributed by atoms with van der Waals surface area (Å²) in [5.41, 5.74) is 4.86. The largest absolute Gasteiger partial charge is 0.465 e. The molecule has 0 unspecified atom stereocenters. The standard InChI is InChI=1S/C6H7N3O4/c7-5(10)4-1-3(13-9-4)2-8-6(11)12/h1,8H,2H2,(H2,7,10)(H,11,12). The van der Waals surface area contributed by atoms with Gasteiger partial charge in [0, 0.05) is 6.07 Å². The van der Waals surface area contributed by atoms with E-state index < -0.39 is 12.0 Å². The second-order valence-corrected chi connectivity index (χ2v) is 2.20. The van der Waals surface area contributed by atoms with E-state index in [-0.39, 0.29) is 18.0 Å². The molecule has 0 saturated heterocycles. The van der Waals surface area contributed by atoms with Crippen LogP contribution in [0.25, 0.3) is 0 Å². The summed E-state index contributed by atoms with van der Waals surface area (Å²) in [4.78, 5) is 20.6. The number of hydrogen-bond acceptors (Lipinski definition) is 4. The van der Waals surface area contributed by atoms with E-state index >= 15 is 0 Å². The molecule has 70 valence electrons. The molecule has 0 atom stereocenters. The number of hydrogen-bond donors (Lipinski definition) is 3. The van der Waals surface area contributed by atoms with Crippen LogP contribution < -0.4 is 11.1 Å². The molecule has 1 rings (SSSR count). The number of aromatic nitrogens is 1. The topological polar surface area (TPSA) is 118 Å². The minimum Gasteiger partial charge on any atom is -0.465 e. The molecule has 0 aromatic carbocycles. The first kappa shape index (κ1) is 9.04. The molecular weight excluding hydrogens is 178 g/mol. The average molecular weight is 185 g/mol. The van der Waals surface area contributed by atoms with E-state index in [2.05, 4.69) is 9.68 Å². The summed E-state index contributed by atoms with van der Waals surface area (Å²) in [6, 6.07) is 1.28. The third kappa shape index (κ3) is 2.47. The fourth-order valence-electron chi connectivity index (χ4n) is 0.675. The Hall–Kier alpha value is -2.05. The fraction of sp³-hybridized carbons (Fsp3) is 0.167. The van der Waals surface area contributed by atoms with Gasteiger partial charge in [-0.1, -0.05) is 5.16 Å². The van der Waals surface area contributed by atoms with E-state index in [1.54, 1.807) is 0 Å². The van der Waals surface area contributed by atoms with Crippen LogP contribution in [0.2, 0.25) is 0 Å². The minimum absolute atomic E-state index is 0.0258. The molecule has 0 aliphatic heterocycles. The van der Waals surface area contributed by atoms with E-state index in [1.807, 2.05) is 5.32 Å². The molecular formula is C6H7N3O4. The van der Waals surface area contributed by atoms with Crippen LogP contribution in [0.3, 0.4) is 0 Å². The smallest absolute Gasteiger partial charge is 0.405 e. The Kier molecular flexibility index (Phi) is 2.48. The molecule has 0 fully saturated rings. The number of carbonyl (C=O) groups is 2.